The molecule has 16 heavy (non-hydrogen) atoms. The molecular formula is C10H6Br2N2O2. The molecule has 1 N–H and O–H groups in total. The molecule has 2 heterocycles. The number of carbonyl (C=O) groups excluding carboxylic acids is 1. The highest BCUT2D eigenvalue weighted by Gasteiger charge is 2.12. The summed E-state index contributed by atoms with van der Waals surface area (Å²) in [6, 6.07) is 6.86. The quantitative estimate of drug-likeness (QED) is 0.848. The summed E-state index contributed by atoms with van der Waals surface area (Å²) in [6.45, 7) is 0. The minimum Gasteiger partial charge on any atom is -0.457 e. The van der Waals surface area contributed by atoms with Crippen molar-refractivity contribution in [3.8, 4) is 0 Å². The molecule has 1 amide bonds. The van der Waals surface area contributed by atoms with Crippen molar-refractivity contribution in [1.82, 2.24) is 4.98 Å². The molecule has 4 nitrogen and oxygen atoms in total. The van der Waals surface area contributed by atoms with E-state index in [0.717, 1.165) is 0 Å². The van der Waals surface area contributed by atoms with Gasteiger partial charge in [-0.3, -0.25) is 4.79 Å². The van der Waals surface area contributed by atoms with Gasteiger partial charge in [0, 0.05) is 0 Å². The van der Waals surface area contributed by atoms with E-state index in [-0.39, 0.29) is 5.91 Å². The smallest absolute Gasteiger partial charge is 0.261 e. The molecule has 0 atom stereocenters. The Bertz CT molecular complexity index is 525. The second-order valence-corrected chi connectivity index (χ2v) is 4.44. The fourth-order valence-corrected chi connectivity index (χ4v) is 1.88. The maximum absolute atomic E-state index is 11.8. The summed E-state index contributed by atoms with van der Waals surface area (Å²) in [4.78, 5) is 15.8. The van der Waals surface area contributed by atoms with Gasteiger partial charge in [-0.25, -0.2) is 4.98 Å². The minimum absolute atomic E-state index is 0.272. The first-order valence-electron chi connectivity index (χ1n) is 4.34. The second-order valence-electron chi connectivity index (χ2n) is 2.91. The zero-order valence-corrected chi connectivity index (χ0v) is 11.1. The van der Waals surface area contributed by atoms with Crippen molar-refractivity contribution < 1.29 is 9.21 Å². The molecule has 0 saturated heterocycles. The zero-order chi connectivity index (χ0) is 11.5. The summed E-state index contributed by atoms with van der Waals surface area (Å²) >= 11 is 6.36. The molecule has 82 valence electrons. The number of furan rings is 1. The number of pyridine rings is 1. The molecule has 0 aliphatic heterocycles. The van der Waals surface area contributed by atoms with Crippen LogP contribution in [0.25, 0.3) is 0 Å². The third-order valence-corrected chi connectivity index (χ3v) is 2.88. The molecule has 2 aromatic rings. The number of anilines is 1. The standard InChI is InChI=1S/C10H6Br2N2O2/c11-7-2-1-3-8(13-7)14-10(15)6-4-5-16-9(6)12/h1-5H,(H,13,14,15). The van der Waals surface area contributed by atoms with Gasteiger partial charge in [-0.1, -0.05) is 6.07 Å². The SMILES string of the molecule is O=C(Nc1cccc(Br)n1)c1ccoc1Br. The van der Waals surface area contributed by atoms with Gasteiger partial charge in [0.15, 0.2) is 4.67 Å². The number of amides is 1. The Morgan fingerprint density at radius 3 is 2.75 bits per heavy atom. The van der Waals surface area contributed by atoms with Crippen molar-refractivity contribution in [3.05, 3.63) is 45.4 Å². The third-order valence-electron chi connectivity index (χ3n) is 1.82. The number of hydrogen-bond donors (Lipinski definition) is 1. The highest BCUT2D eigenvalue weighted by Crippen LogP contribution is 2.19. The first-order valence-corrected chi connectivity index (χ1v) is 5.92. The molecule has 0 aliphatic rings. The monoisotopic (exact) mass is 344 g/mol. The van der Waals surface area contributed by atoms with E-state index in [2.05, 4.69) is 42.2 Å². The van der Waals surface area contributed by atoms with Crippen molar-refractivity contribution in [2.45, 2.75) is 0 Å². The van der Waals surface area contributed by atoms with Crippen LogP contribution < -0.4 is 5.32 Å². The van der Waals surface area contributed by atoms with Gasteiger partial charge < -0.3 is 9.73 Å². The van der Waals surface area contributed by atoms with Crippen LogP contribution in [0.5, 0.6) is 0 Å². The maximum Gasteiger partial charge on any atom is 0.261 e. The van der Waals surface area contributed by atoms with E-state index >= 15 is 0 Å². The van der Waals surface area contributed by atoms with Crippen LogP contribution in [0.2, 0.25) is 0 Å². The Balaban J connectivity index is 2.17. The van der Waals surface area contributed by atoms with Gasteiger partial charge in [0.25, 0.3) is 5.91 Å². The molecule has 0 saturated carbocycles. The van der Waals surface area contributed by atoms with Crippen LogP contribution in [0.15, 0.2) is 44.2 Å². The predicted octanol–water partition coefficient (Wildman–Crippen LogP) is 3.45. The molecule has 0 unspecified atom stereocenters. The highest BCUT2D eigenvalue weighted by atomic mass is 79.9. The first kappa shape index (κ1) is 11.3. The van der Waals surface area contributed by atoms with Crippen molar-refractivity contribution in [2.75, 3.05) is 5.32 Å². The topological polar surface area (TPSA) is 55.1 Å². The number of rotatable bonds is 2. The molecule has 2 rings (SSSR count). The Morgan fingerprint density at radius 2 is 2.12 bits per heavy atom. The lowest BCUT2D eigenvalue weighted by atomic mass is 10.3. The molecule has 0 fully saturated rings. The summed E-state index contributed by atoms with van der Waals surface area (Å²) in [5.41, 5.74) is 0.432. The van der Waals surface area contributed by atoms with E-state index in [1.807, 2.05) is 0 Å². The van der Waals surface area contributed by atoms with Gasteiger partial charge in [-0.2, -0.15) is 0 Å². The van der Waals surface area contributed by atoms with E-state index < -0.39 is 0 Å². The summed E-state index contributed by atoms with van der Waals surface area (Å²) in [6.07, 6.45) is 1.44. The summed E-state index contributed by atoms with van der Waals surface area (Å²) in [5.74, 6) is 0.207. The molecule has 2 aromatic heterocycles. The molecular weight excluding hydrogens is 340 g/mol. The Labute approximate surface area is 108 Å². The molecule has 6 heteroatoms. The van der Waals surface area contributed by atoms with Gasteiger partial charge in [0.2, 0.25) is 0 Å². The van der Waals surface area contributed by atoms with Crippen LogP contribution in [-0.4, -0.2) is 10.9 Å². The van der Waals surface area contributed by atoms with Crippen LogP contribution in [0.3, 0.4) is 0 Å². The summed E-state index contributed by atoms with van der Waals surface area (Å²) < 4.78 is 6.04. The third kappa shape index (κ3) is 2.51. The van der Waals surface area contributed by atoms with Crippen molar-refractivity contribution in [1.29, 1.82) is 0 Å². The predicted molar refractivity (Wildman–Crippen MR) is 66.3 cm³/mol. The van der Waals surface area contributed by atoms with Gasteiger partial charge in [-0.05, 0) is 50.1 Å². The summed E-state index contributed by atoms with van der Waals surface area (Å²) in [7, 11) is 0. The number of halogens is 2. The van der Waals surface area contributed by atoms with E-state index in [0.29, 0.717) is 20.7 Å². The van der Waals surface area contributed by atoms with Gasteiger partial charge >= 0.3 is 0 Å². The van der Waals surface area contributed by atoms with Crippen LogP contribution in [-0.2, 0) is 0 Å². The lowest BCUT2D eigenvalue weighted by Gasteiger charge is -2.02. The zero-order valence-electron chi connectivity index (χ0n) is 7.91. The largest absolute Gasteiger partial charge is 0.457 e. The lowest BCUT2D eigenvalue weighted by Crippen LogP contribution is -2.12. The first-order chi connectivity index (χ1) is 7.66. The Kier molecular flexibility index (Phi) is 3.40. The number of hydrogen-bond acceptors (Lipinski definition) is 3. The fraction of sp³-hybridized carbons (Fsp3) is 0. The van der Waals surface area contributed by atoms with Crippen molar-refractivity contribution >= 4 is 43.6 Å². The Hall–Kier alpha value is -1.14. The number of aromatic nitrogens is 1. The normalized spacial score (nSPS) is 10.1. The maximum atomic E-state index is 11.8. The highest BCUT2D eigenvalue weighted by molar-refractivity contribution is 9.10. The molecule has 0 radical (unpaired) electrons. The van der Waals surface area contributed by atoms with Crippen molar-refractivity contribution in [3.63, 3.8) is 0 Å². The molecule has 0 aliphatic carbocycles. The second kappa shape index (κ2) is 4.80. The van der Waals surface area contributed by atoms with Crippen molar-refractivity contribution in [2.24, 2.45) is 0 Å². The molecule has 0 spiro atoms. The average Bonchev–Trinajstić information content (AvgIpc) is 2.64. The van der Waals surface area contributed by atoms with Crippen LogP contribution >= 0.6 is 31.9 Å². The van der Waals surface area contributed by atoms with E-state index in [4.69, 9.17) is 4.42 Å². The molecule has 0 bridgehead atoms. The van der Waals surface area contributed by atoms with E-state index in [9.17, 15) is 4.79 Å². The Morgan fingerprint density at radius 1 is 1.31 bits per heavy atom. The summed E-state index contributed by atoms with van der Waals surface area (Å²) in [5, 5.41) is 2.66. The van der Waals surface area contributed by atoms with E-state index in [1.165, 1.54) is 6.26 Å². The number of carbonyl (C=O) groups is 1. The minimum atomic E-state index is -0.272. The van der Waals surface area contributed by atoms with Crippen LogP contribution in [0.4, 0.5) is 5.82 Å². The van der Waals surface area contributed by atoms with E-state index in [1.54, 1.807) is 24.3 Å². The number of nitrogens with zero attached hydrogens (tertiary/aromatic N) is 1. The fourth-order valence-electron chi connectivity index (χ4n) is 1.12. The van der Waals surface area contributed by atoms with Crippen LogP contribution in [0.1, 0.15) is 10.4 Å². The lowest BCUT2D eigenvalue weighted by molar-refractivity contribution is 0.102. The average molecular weight is 346 g/mol. The molecule has 0 aromatic carbocycles. The van der Waals surface area contributed by atoms with Gasteiger partial charge in [0.1, 0.15) is 10.4 Å². The van der Waals surface area contributed by atoms with Crippen LogP contribution in [0, 0.1) is 0 Å². The van der Waals surface area contributed by atoms with Gasteiger partial charge in [-0.15, -0.1) is 0 Å². The van der Waals surface area contributed by atoms with Gasteiger partial charge in [0.05, 0.1) is 11.8 Å². The number of nitrogens with one attached hydrogen (secondary N) is 1.